The van der Waals surface area contributed by atoms with Gasteiger partial charge >= 0.3 is 0 Å². The highest BCUT2D eigenvalue weighted by atomic mass is 35.5. The fourth-order valence-corrected chi connectivity index (χ4v) is 7.08. The van der Waals surface area contributed by atoms with Gasteiger partial charge in [-0.25, -0.2) is 8.42 Å². The summed E-state index contributed by atoms with van der Waals surface area (Å²) in [4.78, 5) is 16.5. The predicted octanol–water partition coefficient (Wildman–Crippen LogP) is 5.13. The number of fused-ring (bicyclic) bond motifs is 1. The number of anilines is 1. The predicted molar refractivity (Wildman–Crippen MR) is 164 cm³/mol. The normalized spacial score (nSPS) is 14.3. The Hall–Kier alpha value is -3.68. The summed E-state index contributed by atoms with van der Waals surface area (Å²) in [5, 5.41) is 13.9. The van der Waals surface area contributed by atoms with Crippen molar-refractivity contribution in [2.45, 2.75) is 17.0 Å². The number of carbonyl (C=O) groups is 1. The number of hydrogen-bond acceptors (Lipinski definition) is 7. The number of para-hydroxylation sites is 1. The Morgan fingerprint density at radius 1 is 1.07 bits per heavy atom. The fraction of sp³-hybridized carbons (Fsp3) is 0.207. The molecule has 0 atom stereocenters. The lowest BCUT2D eigenvalue weighted by molar-refractivity contribution is -0.113. The van der Waals surface area contributed by atoms with Crippen LogP contribution < -0.4 is 5.32 Å². The molecule has 0 unspecified atom stereocenters. The standard InChI is InChI=1S/C29H27ClN6O4S2/c1-19-6-11-22(42(38,39)35-12-14-40-15-13-35)16-26(19)32-27(37)18-41-29-34-33-28(36(29)21-9-7-20(30)8-10-21)24-17-31-25-5-3-2-4-23(24)25/h2-11,16-17,31H,12-15,18H2,1H3,(H,32,37). The zero-order valence-electron chi connectivity index (χ0n) is 22.6. The number of halogens is 1. The van der Waals surface area contributed by atoms with Crippen LogP contribution in [0.15, 0.2) is 83.0 Å². The fourth-order valence-electron chi connectivity index (χ4n) is 4.77. The van der Waals surface area contributed by atoms with E-state index in [1.165, 1.54) is 22.1 Å². The molecule has 1 saturated heterocycles. The number of carbonyl (C=O) groups excluding carboxylic acids is 1. The summed E-state index contributed by atoms with van der Waals surface area (Å²) in [5.74, 6) is 0.345. The highest BCUT2D eigenvalue weighted by molar-refractivity contribution is 7.99. The van der Waals surface area contributed by atoms with E-state index in [9.17, 15) is 13.2 Å². The first-order chi connectivity index (χ1) is 20.3. The second-order valence-electron chi connectivity index (χ2n) is 9.70. The van der Waals surface area contributed by atoms with Gasteiger partial charge in [-0.05, 0) is 55.0 Å². The van der Waals surface area contributed by atoms with E-state index in [1.807, 2.05) is 54.1 Å². The molecular weight excluding hydrogens is 596 g/mol. The van der Waals surface area contributed by atoms with E-state index < -0.39 is 10.0 Å². The van der Waals surface area contributed by atoms with E-state index in [0.29, 0.717) is 48.0 Å². The lowest BCUT2D eigenvalue weighted by Gasteiger charge is -2.26. The Morgan fingerprint density at radius 2 is 1.83 bits per heavy atom. The number of hydrogen-bond donors (Lipinski definition) is 2. The zero-order chi connectivity index (χ0) is 29.3. The van der Waals surface area contributed by atoms with E-state index in [4.69, 9.17) is 16.3 Å². The lowest BCUT2D eigenvalue weighted by atomic mass is 10.1. The maximum Gasteiger partial charge on any atom is 0.243 e. The van der Waals surface area contributed by atoms with Crippen molar-refractivity contribution in [1.29, 1.82) is 0 Å². The second-order valence-corrected chi connectivity index (χ2v) is 13.0. The molecular formula is C29H27ClN6O4S2. The SMILES string of the molecule is Cc1ccc(S(=O)(=O)N2CCOCC2)cc1NC(=O)CSc1nnc(-c2c[nH]c3ccccc23)n1-c1ccc(Cl)cc1. The summed E-state index contributed by atoms with van der Waals surface area (Å²) in [6.45, 7) is 3.12. The number of aromatic amines is 1. The topological polar surface area (TPSA) is 122 Å². The Morgan fingerprint density at radius 3 is 2.62 bits per heavy atom. The van der Waals surface area contributed by atoms with Gasteiger partial charge in [0.25, 0.3) is 0 Å². The molecule has 1 aliphatic heterocycles. The molecule has 1 aliphatic rings. The molecule has 42 heavy (non-hydrogen) atoms. The van der Waals surface area contributed by atoms with Gasteiger partial charge in [-0.15, -0.1) is 10.2 Å². The Balaban J connectivity index is 1.25. The van der Waals surface area contributed by atoms with Gasteiger partial charge in [-0.2, -0.15) is 4.31 Å². The number of aryl methyl sites for hydroxylation is 1. The summed E-state index contributed by atoms with van der Waals surface area (Å²) >= 11 is 7.39. The molecule has 3 heterocycles. The minimum absolute atomic E-state index is 0.0273. The summed E-state index contributed by atoms with van der Waals surface area (Å²) in [7, 11) is -3.70. The number of benzene rings is 3. The van der Waals surface area contributed by atoms with Crippen molar-refractivity contribution in [3.8, 4) is 17.1 Å². The number of morpholine rings is 1. The lowest BCUT2D eigenvalue weighted by Crippen LogP contribution is -2.40. The molecule has 13 heteroatoms. The van der Waals surface area contributed by atoms with Gasteiger partial charge in [0, 0.05) is 52.2 Å². The van der Waals surface area contributed by atoms with Gasteiger partial charge in [0.2, 0.25) is 15.9 Å². The highest BCUT2D eigenvalue weighted by Gasteiger charge is 2.27. The summed E-state index contributed by atoms with van der Waals surface area (Å²) in [6, 6.07) is 20.0. The minimum Gasteiger partial charge on any atom is -0.379 e. The summed E-state index contributed by atoms with van der Waals surface area (Å²) < 4.78 is 34.9. The number of rotatable bonds is 8. The molecule has 216 valence electrons. The molecule has 0 spiro atoms. The second kappa shape index (κ2) is 11.9. The van der Waals surface area contributed by atoms with Crippen LogP contribution in [0.25, 0.3) is 28.0 Å². The molecule has 0 bridgehead atoms. The summed E-state index contributed by atoms with van der Waals surface area (Å²) in [6.07, 6.45) is 1.89. The number of nitrogens with one attached hydrogen (secondary N) is 2. The smallest absolute Gasteiger partial charge is 0.243 e. The van der Waals surface area contributed by atoms with E-state index in [-0.39, 0.29) is 16.6 Å². The van der Waals surface area contributed by atoms with E-state index in [1.54, 1.807) is 24.3 Å². The monoisotopic (exact) mass is 622 g/mol. The Labute approximate surface area is 252 Å². The van der Waals surface area contributed by atoms with Crippen LogP contribution in [0.5, 0.6) is 0 Å². The molecule has 5 aromatic rings. The molecule has 1 amide bonds. The van der Waals surface area contributed by atoms with Crippen LogP contribution in [0.4, 0.5) is 5.69 Å². The van der Waals surface area contributed by atoms with Gasteiger partial charge in [0.05, 0.1) is 23.9 Å². The largest absolute Gasteiger partial charge is 0.379 e. The van der Waals surface area contributed by atoms with Gasteiger partial charge < -0.3 is 15.0 Å². The number of nitrogens with zero attached hydrogens (tertiary/aromatic N) is 4. The molecule has 2 aromatic heterocycles. The molecule has 0 aliphatic carbocycles. The number of H-pyrrole nitrogens is 1. The number of sulfonamides is 1. The number of aromatic nitrogens is 4. The van der Waals surface area contributed by atoms with Crippen molar-refractivity contribution in [1.82, 2.24) is 24.1 Å². The van der Waals surface area contributed by atoms with Crippen molar-refractivity contribution in [3.63, 3.8) is 0 Å². The molecule has 6 rings (SSSR count). The van der Waals surface area contributed by atoms with Crippen LogP contribution >= 0.6 is 23.4 Å². The van der Waals surface area contributed by atoms with Crippen LogP contribution in [0.2, 0.25) is 5.02 Å². The molecule has 0 radical (unpaired) electrons. The van der Waals surface area contributed by atoms with Crippen molar-refractivity contribution in [2.75, 3.05) is 37.4 Å². The van der Waals surface area contributed by atoms with Gasteiger partial charge in [-0.1, -0.05) is 47.6 Å². The molecule has 3 aromatic carbocycles. The van der Waals surface area contributed by atoms with Gasteiger partial charge in [0.15, 0.2) is 11.0 Å². The minimum atomic E-state index is -3.70. The number of amides is 1. The first kappa shape index (κ1) is 28.4. The van der Waals surface area contributed by atoms with Crippen molar-refractivity contribution in [2.24, 2.45) is 0 Å². The third-order valence-electron chi connectivity index (χ3n) is 6.97. The Bertz CT molecular complexity index is 1860. The van der Waals surface area contributed by atoms with Gasteiger partial charge in [0.1, 0.15) is 0 Å². The average molecular weight is 623 g/mol. The number of ether oxygens (including phenoxy) is 1. The third-order valence-corrected chi connectivity index (χ3v) is 10.0. The zero-order valence-corrected chi connectivity index (χ0v) is 25.0. The number of thioether (sulfide) groups is 1. The van der Waals surface area contributed by atoms with Crippen molar-refractivity contribution in [3.05, 3.63) is 83.5 Å². The third kappa shape index (κ3) is 5.68. The highest BCUT2D eigenvalue weighted by Crippen LogP contribution is 2.33. The summed E-state index contributed by atoms with van der Waals surface area (Å²) in [5.41, 5.74) is 3.83. The van der Waals surface area contributed by atoms with Crippen molar-refractivity contribution < 1.29 is 17.9 Å². The average Bonchev–Trinajstić information content (AvgIpc) is 3.62. The molecule has 2 N–H and O–H groups in total. The molecule has 0 saturated carbocycles. The van der Waals surface area contributed by atoms with Crippen LogP contribution in [0.1, 0.15) is 5.56 Å². The van der Waals surface area contributed by atoms with E-state index in [0.717, 1.165) is 27.7 Å². The van der Waals surface area contributed by atoms with Crippen molar-refractivity contribution >= 4 is 55.9 Å². The molecule has 1 fully saturated rings. The molecule has 10 nitrogen and oxygen atoms in total. The van der Waals surface area contributed by atoms with E-state index >= 15 is 0 Å². The Kier molecular flexibility index (Phi) is 8.06. The maximum atomic E-state index is 13.1. The first-order valence-electron chi connectivity index (χ1n) is 13.2. The maximum absolute atomic E-state index is 13.1. The van der Waals surface area contributed by atoms with Crippen LogP contribution in [0.3, 0.4) is 0 Å². The van der Waals surface area contributed by atoms with Crippen LogP contribution in [0, 0.1) is 6.92 Å². The van der Waals surface area contributed by atoms with Gasteiger partial charge in [-0.3, -0.25) is 9.36 Å². The van der Waals surface area contributed by atoms with Crippen LogP contribution in [-0.2, 0) is 19.6 Å². The quantitative estimate of drug-likeness (QED) is 0.230. The first-order valence-corrected chi connectivity index (χ1v) is 16.0. The van der Waals surface area contributed by atoms with Crippen LogP contribution in [-0.4, -0.2) is 70.4 Å². The van der Waals surface area contributed by atoms with E-state index in [2.05, 4.69) is 20.5 Å².